The number of carbonyl (C=O) groups excluding carboxylic acids is 1. The molecule has 1 aromatic carbocycles. The number of halogens is 1. The van der Waals surface area contributed by atoms with E-state index >= 15 is 0 Å². The van der Waals surface area contributed by atoms with E-state index in [2.05, 4.69) is 18.7 Å². The number of aromatic nitrogens is 3. The van der Waals surface area contributed by atoms with Gasteiger partial charge in [0, 0.05) is 55.4 Å². The van der Waals surface area contributed by atoms with Crippen molar-refractivity contribution in [2.75, 3.05) is 26.3 Å². The quantitative estimate of drug-likeness (QED) is 0.417. The standard InChI is InChI=1S/C29H36FN5O3.C2H6/c1-4-5-23-18(2)31-28-25-16-34(17-26(25)32-35(28)19(23)3)29(36)24-7-6-20(30)14-27(24)38-22-8-11-33(15-22)21-9-12-37-13-10-21;1-2/h6-7,14,21-22H,4-5,8-13,15-17H2,1-3H3;1-2H3/t22-;/m0./s1. The third kappa shape index (κ3) is 5.46. The van der Waals surface area contributed by atoms with Crippen LogP contribution in [0.3, 0.4) is 0 Å². The summed E-state index contributed by atoms with van der Waals surface area (Å²) < 4.78 is 28.0. The Morgan fingerprint density at radius 2 is 1.93 bits per heavy atom. The molecular formula is C31H42FN5O3. The van der Waals surface area contributed by atoms with Gasteiger partial charge >= 0.3 is 0 Å². The largest absolute Gasteiger partial charge is 0.488 e. The third-order valence-electron chi connectivity index (χ3n) is 8.33. The lowest BCUT2D eigenvalue weighted by Crippen LogP contribution is -2.38. The fourth-order valence-electron chi connectivity index (χ4n) is 6.27. The van der Waals surface area contributed by atoms with E-state index in [1.165, 1.54) is 17.7 Å². The molecule has 3 aliphatic heterocycles. The van der Waals surface area contributed by atoms with Gasteiger partial charge in [0.2, 0.25) is 0 Å². The molecule has 2 fully saturated rings. The molecule has 9 heteroatoms. The Bertz CT molecular complexity index is 1370. The van der Waals surface area contributed by atoms with Crippen molar-refractivity contribution < 1.29 is 18.7 Å². The van der Waals surface area contributed by atoms with E-state index < -0.39 is 5.82 Å². The highest BCUT2D eigenvalue weighted by atomic mass is 19.1. The molecule has 0 saturated carbocycles. The maximum absolute atomic E-state index is 14.3. The Balaban J connectivity index is 0.00000158. The summed E-state index contributed by atoms with van der Waals surface area (Å²) >= 11 is 0. The first-order chi connectivity index (χ1) is 19.4. The van der Waals surface area contributed by atoms with E-state index in [9.17, 15) is 9.18 Å². The Morgan fingerprint density at radius 3 is 2.67 bits per heavy atom. The van der Waals surface area contributed by atoms with Gasteiger partial charge in [-0.15, -0.1) is 0 Å². The Kier molecular flexibility index (Phi) is 8.71. The van der Waals surface area contributed by atoms with Crippen LogP contribution in [0.25, 0.3) is 5.65 Å². The fraction of sp³-hybridized carbons (Fsp3) is 0.581. The molecule has 5 heterocycles. The Morgan fingerprint density at radius 1 is 1.15 bits per heavy atom. The van der Waals surface area contributed by atoms with Gasteiger partial charge in [-0.25, -0.2) is 13.9 Å². The first-order valence-electron chi connectivity index (χ1n) is 14.9. The van der Waals surface area contributed by atoms with Crippen molar-refractivity contribution in [3.8, 4) is 5.75 Å². The van der Waals surface area contributed by atoms with E-state index in [0.29, 0.717) is 30.4 Å². The van der Waals surface area contributed by atoms with E-state index in [4.69, 9.17) is 19.6 Å². The minimum Gasteiger partial charge on any atom is -0.488 e. The number of carbonyl (C=O) groups is 1. The Labute approximate surface area is 236 Å². The van der Waals surface area contributed by atoms with Crippen molar-refractivity contribution >= 4 is 11.6 Å². The van der Waals surface area contributed by atoms with Crippen LogP contribution in [0.2, 0.25) is 0 Å². The van der Waals surface area contributed by atoms with Crippen molar-refractivity contribution in [3.63, 3.8) is 0 Å². The van der Waals surface area contributed by atoms with Gasteiger partial charge in [-0.3, -0.25) is 9.69 Å². The zero-order valence-corrected chi connectivity index (χ0v) is 24.5. The highest BCUT2D eigenvalue weighted by Crippen LogP contribution is 2.32. The molecule has 40 heavy (non-hydrogen) atoms. The summed E-state index contributed by atoms with van der Waals surface area (Å²) in [6.07, 6.45) is 4.87. The van der Waals surface area contributed by atoms with Gasteiger partial charge < -0.3 is 14.4 Å². The summed E-state index contributed by atoms with van der Waals surface area (Å²) in [5.41, 5.74) is 6.44. The number of benzene rings is 1. The summed E-state index contributed by atoms with van der Waals surface area (Å²) in [7, 11) is 0. The highest BCUT2D eigenvalue weighted by molar-refractivity contribution is 5.97. The highest BCUT2D eigenvalue weighted by Gasteiger charge is 2.34. The lowest BCUT2D eigenvalue weighted by Gasteiger charge is -2.30. The third-order valence-corrected chi connectivity index (χ3v) is 8.33. The smallest absolute Gasteiger partial charge is 0.258 e. The maximum Gasteiger partial charge on any atom is 0.258 e. The molecule has 0 aliphatic carbocycles. The van der Waals surface area contributed by atoms with Crippen molar-refractivity contribution in [1.29, 1.82) is 0 Å². The minimum absolute atomic E-state index is 0.0707. The predicted octanol–water partition coefficient (Wildman–Crippen LogP) is 5.25. The molecule has 0 unspecified atom stereocenters. The van der Waals surface area contributed by atoms with Crippen LogP contribution in [0.4, 0.5) is 4.39 Å². The SMILES string of the molecule is CC.CCCc1c(C)nc2c3c(nn2c1C)CN(C(=O)c1ccc(F)cc1O[C@H]1CCN(C2CCOCC2)C1)C3. The normalized spacial score (nSPS) is 19.6. The molecule has 216 valence electrons. The molecule has 3 aromatic rings. The fourth-order valence-corrected chi connectivity index (χ4v) is 6.27. The van der Waals surface area contributed by atoms with Crippen molar-refractivity contribution in [2.45, 2.75) is 92.0 Å². The first-order valence-corrected chi connectivity index (χ1v) is 14.9. The van der Waals surface area contributed by atoms with Crippen LogP contribution in [-0.4, -0.2) is 68.8 Å². The van der Waals surface area contributed by atoms with Crippen molar-refractivity contribution in [2.24, 2.45) is 0 Å². The number of likely N-dealkylation sites (tertiary alicyclic amines) is 1. The predicted molar refractivity (Wildman–Crippen MR) is 152 cm³/mol. The molecule has 2 saturated heterocycles. The van der Waals surface area contributed by atoms with Gasteiger partial charge in [-0.2, -0.15) is 5.10 Å². The number of fused-ring (bicyclic) bond motifs is 3. The van der Waals surface area contributed by atoms with Gasteiger partial charge in [0.15, 0.2) is 5.65 Å². The molecule has 0 bridgehead atoms. The number of hydrogen-bond donors (Lipinski definition) is 0. The van der Waals surface area contributed by atoms with E-state index in [1.807, 2.05) is 25.3 Å². The Hall–Kier alpha value is -3.04. The topological polar surface area (TPSA) is 72.2 Å². The second kappa shape index (κ2) is 12.2. The van der Waals surface area contributed by atoms with Crippen LogP contribution in [0.15, 0.2) is 18.2 Å². The van der Waals surface area contributed by atoms with E-state index in [0.717, 1.165) is 86.7 Å². The second-order valence-electron chi connectivity index (χ2n) is 10.8. The van der Waals surface area contributed by atoms with Gasteiger partial charge in [-0.05, 0) is 57.2 Å². The molecule has 1 amide bonds. The van der Waals surface area contributed by atoms with Crippen LogP contribution in [0.1, 0.15) is 85.0 Å². The van der Waals surface area contributed by atoms with Gasteiger partial charge in [0.05, 0.1) is 24.3 Å². The summed E-state index contributed by atoms with van der Waals surface area (Å²) in [5, 5.41) is 4.83. The summed E-state index contributed by atoms with van der Waals surface area (Å²) in [4.78, 5) is 22.8. The zero-order valence-electron chi connectivity index (χ0n) is 24.5. The van der Waals surface area contributed by atoms with Gasteiger partial charge in [-0.1, -0.05) is 27.2 Å². The van der Waals surface area contributed by atoms with E-state index in [1.54, 1.807) is 11.0 Å². The molecule has 0 radical (unpaired) electrons. The minimum atomic E-state index is -0.406. The number of amides is 1. The molecule has 2 aromatic heterocycles. The molecule has 1 atom stereocenters. The van der Waals surface area contributed by atoms with Crippen LogP contribution >= 0.6 is 0 Å². The molecule has 3 aliphatic rings. The molecule has 0 N–H and O–H groups in total. The number of ether oxygens (including phenoxy) is 2. The maximum atomic E-state index is 14.3. The zero-order chi connectivity index (χ0) is 28.4. The number of rotatable bonds is 6. The molecule has 0 spiro atoms. The molecule has 6 rings (SSSR count). The van der Waals surface area contributed by atoms with E-state index in [-0.39, 0.29) is 12.0 Å². The van der Waals surface area contributed by atoms with Crippen LogP contribution in [-0.2, 0) is 24.2 Å². The van der Waals surface area contributed by atoms with Crippen molar-refractivity contribution in [3.05, 3.63) is 57.8 Å². The molecule has 8 nitrogen and oxygen atoms in total. The number of nitrogens with zero attached hydrogens (tertiary/aromatic N) is 5. The van der Waals surface area contributed by atoms with Crippen LogP contribution in [0.5, 0.6) is 5.75 Å². The first kappa shape index (κ1) is 28.5. The van der Waals surface area contributed by atoms with Crippen molar-refractivity contribution in [1.82, 2.24) is 24.4 Å². The summed E-state index contributed by atoms with van der Waals surface area (Å²) in [6, 6.07) is 4.73. The number of hydrogen-bond acceptors (Lipinski definition) is 6. The second-order valence-corrected chi connectivity index (χ2v) is 10.8. The van der Waals surface area contributed by atoms with Crippen LogP contribution in [0, 0.1) is 19.7 Å². The monoisotopic (exact) mass is 551 g/mol. The summed E-state index contributed by atoms with van der Waals surface area (Å²) in [5.74, 6) is -0.260. The van der Waals surface area contributed by atoms with Gasteiger partial charge in [0.1, 0.15) is 17.7 Å². The van der Waals surface area contributed by atoms with Crippen LogP contribution < -0.4 is 4.74 Å². The lowest BCUT2D eigenvalue weighted by atomic mass is 10.1. The average Bonchev–Trinajstić information content (AvgIpc) is 3.68. The average molecular weight is 552 g/mol. The summed E-state index contributed by atoms with van der Waals surface area (Å²) in [6.45, 7) is 14.4. The van der Waals surface area contributed by atoms with Gasteiger partial charge in [0.25, 0.3) is 5.91 Å². The lowest BCUT2D eigenvalue weighted by molar-refractivity contribution is 0.0386. The molecular weight excluding hydrogens is 509 g/mol. The number of aryl methyl sites for hydroxylation is 2.